The zero-order chi connectivity index (χ0) is 70.9. The van der Waals surface area contributed by atoms with Crippen molar-refractivity contribution in [2.24, 2.45) is 0 Å². The van der Waals surface area contributed by atoms with Gasteiger partial charge in [-0.3, -0.25) is 32.5 Å². The van der Waals surface area contributed by atoms with Crippen LogP contribution in [0.2, 0.25) is 0 Å². The summed E-state index contributed by atoms with van der Waals surface area (Å²) in [6.45, 7) is 2.57. The minimum atomic E-state index is -4.93. The summed E-state index contributed by atoms with van der Waals surface area (Å²) in [5.74, 6) is -1.59. The first kappa shape index (κ1) is 93.5. The van der Waals surface area contributed by atoms with Gasteiger partial charge >= 0.3 is 33.6 Å². The lowest BCUT2D eigenvalue weighted by Crippen LogP contribution is -2.30. The number of rotatable bonds is 73. The molecule has 0 aliphatic rings. The number of esters is 3. The third-order valence-electron chi connectivity index (χ3n) is 16.3. The fraction of sp³-hybridized carbons (Fsp3) is 0.759. The molecule has 5 unspecified atom stereocenters. The third kappa shape index (κ3) is 73.5. The number of aliphatic hydroxyl groups excluding tert-OH is 2. The van der Waals surface area contributed by atoms with Gasteiger partial charge in [-0.2, -0.15) is 0 Å². The van der Waals surface area contributed by atoms with Gasteiger partial charge in [0.15, 0.2) is 6.10 Å². The van der Waals surface area contributed by atoms with Gasteiger partial charge in [0, 0.05) is 19.3 Å². The topological polar surface area (TPSA) is 231 Å². The fourth-order valence-corrected chi connectivity index (χ4v) is 11.9. The summed E-state index contributed by atoms with van der Waals surface area (Å²) < 4.78 is 61.0. The second-order valence-corrected chi connectivity index (χ2v) is 28.7. The van der Waals surface area contributed by atoms with Gasteiger partial charge in [0.25, 0.3) is 0 Å². The van der Waals surface area contributed by atoms with Crippen LogP contribution in [-0.4, -0.2) is 95.9 Å². The van der Waals surface area contributed by atoms with E-state index in [0.29, 0.717) is 19.3 Å². The maximum absolute atomic E-state index is 12.9. The van der Waals surface area contributed by atoms with Crippen molar-refractivity contribution in [2.45, 2.75) is 347 Å². The van der Waals surface area contributed by atoms with Crippen LogP contribution >= 0.6 is 15.6 Å². The largest absolute Gasteiger partial charge is 0.472 e. The molecule has 0 aromatic rings. The lowest BCUT2D eigenvalue weighted by Gasteiger charge is -2.21. The zero-order valence-corrected chi connectivity index (χ0v) is 63.0. The Hall–Kier alpha value is -3.53. The number of carbonyl (C=O) groups excluding carboxylic acids is 3. The van der Waals surface area contributed by atoms with E-state index in [0.717, 1.165) is 135 Å². The van der Waals surface area contributed by atoms with Gasteiger partial charge < -0.3 is 34.2 Å². The number of phosphoric acid groups is 2. The average molecular weight is 1410 g/mol. The van der Waals surface area contributed by atoms with Gasteiger partial charge in [0.1, 0.15) is 25.4 Å². The highest BCUT2D eigenvalue weighted by Crippen LogP contribution is 2.45. The molecule has 0 spiro atoms. The Bertz CT molecular complexity index is 2150. The number of allylic oxidation sites excluding steroid dienone is 16. The highest BCUT2D eigenvalue weighted by Gasteiger charge is 2.29. The Morgan fingerprint density at radius 2 is 0.526 bits per heavy atom. The molecule has 5 atom stereocenters. The molecule has 97 heavy (non-hydrogen) atoms. The number of phosphoric ester groups is 2. The minimum Gasteiger partial charge on any atom is -0.463 e. The first-order chi connectivity index (χ1) is 47.2. The first-order valence-corrected chi connectivity index (χ1v) is 41.5. The van der Waals surface area contributed by atoms with E-state index in [1.165, 1.54) is 135 Å². The molecule has 0 saturated carbocycles. The normalized spacial score (nSPS) is 14.6. The van der Waals surface area contributed by atoms with E-state index in [9.17, 15) is 43.5 Å². The summed E-state index contributed by atoms with van der Waals surface area (Å²) in [5.41, 5.74) is 0. The van der Waals surface area contributed by atoms with Gasteiger partial charge in [0.2, 0.25) is 0 Å². The molecule has 0 fully saturated rings. The van der Waals surface area contributed by atoms with Gasteiger partial charge in [0.05, 0.1) is 26.4 Å². The Morgan fingerprint density at radius 1 is 0.289 bits per heavy atom. The van der Waals surface area contributed by atoms with Crippen molar-refractivity contribution in [1.82, 2.24) is 0 Å². The van der Waals surface area contributed by atoms with Crippen LogP contribution in [0, 0.1) is 0 Å². The van der Waals surface area contributed by atoms with Crippen LogP contribution in [0.5, 0.6) is 0 Å². The van der Waals surface area contributed by atoms with Crippen molar-refractivity contribution >= 4 is 33.6 Å². The van der Waals surface area contributed by atoms with E-state index in [1.54, 1.807) is 0 Å². The molecule has 0 bridgehead atoms. The van der Waals surface area contributed by atoms with E-state index in [1.807, 2.05) is 0 Å². The molecule has 0 radical (unpaired) electrons. The summed E-state index contributed by atoms with van der Waals surface area (Å²) in [5, 5.41) is 20.6. The molecular weight excluding hydrogens is 1270 g/mol. The number of hydrogen-bond acceptors (Lipinski definition) is 14. The summed E-state index contributed by atoms with van der Waals surface area (Å²) in [6, 6.07) is 0. The number of aliphatic hydroxyl groups is 2. The smallest absolute Gasteiger partial charge is 0.463 e. The highest BCUT2D eigenvalue weighted by atomic mass is 31.2. The van der Waals surface area contributed by atoms with Crippen LogP contribution in [0.1, 0.15) is 329 Å². The Balaban J connectivity index is 4.39. The number of carbonyl (C=O) groups is 3. The zero-order valence-electron chi connectivity index (χ0n) is 61.2. The van der Waals surface area contributed by atoms with Crippen molar-refractivity contribution in [1.29, 1.82) is 0 Å². The van der Waals surface area contributed by atoms with Crippen LogP contribution in [0.15, 0.2) is 97.2 Å². The Morgan fingerprint density at radius 3 is 0.856 bits per heavy atom. The number of ether oxygens (including phenoxy) is 3. The molecular formula is C79H140O16P2. The molecule has 0 rings (SSSR count). The fourth-order valence-electron chi connectivity index (χ4n) is 10.3. The quantitative estimate of drug-likeness (QED) is 0.0146. The Kier molecular flexibility index (Phi) is 69.6. The van der Waals surface area contributed by atoms with Gasteiger partial charge in [-0.1, -0.05) is 285 Å². The first-order valence-electron chi connectivity index (χ1n) is 38.5. The van der Waals surface area contributed by atoms with E-state index in [4.69, 9.17) is 32.3 Å². The van der Waals surface area contributed by atoms with Gasteiger partial charge in [-0.05, 0) is 122 Å². The molecule has 0 aliphatic carbocycles. The molecule has 0 heterocycles. The minimum absolute atomic E-state index is 0.0914. The van der Waals surface area contributed by atoms with Crippen LogP contribution in [0.4, 0.5) is 0 Å². The van der Waals surface area contributed by atoms with Crippen molar-refractivity contribution in [3.63, 3.8) is 0 Å². The second kappa shape index (κ2) is 72.3. The molecule has 562 valence electrons. The van der Waals surface area contributed by atoms with Crippen molar-refractivity contribution < 1.29 is 75.8 Å². The SMILES string of the molecule is CCCC/C=C\CCCCCCCC(=O)OC(COC(=O)CCCCCCCC/C=C\C/C=C\C/C=C\CCCCC)COP(=O)(O)OCC(O)COP(=O)(O)OCC(O)COC(=O)CCCCCCCCCCCCCCCCC/C=C\C/C=C\C/C=C\C/C=C\CCCCC. The average Bonchev–Trinajstić information content (AvgIpc) is 1.54. The number of hydrogen-bond donors (Lipinski definition) is 4. The molecule has 0 aromatic heterocycles. The lowest BCUT2D eigenvalue weighted by molar-refractivity contribution is -0.161. The standard InChI is InChI=1S/C79H140O16P2/c1-4-7-10-13-16-19-22-24-26-28-30-31-32-33-34-35-36-37-38-39-40-41-43-45-46-48-51-53-56-59-62-65-77(82)89-68-74(80)69-91-96(85,86)92-70-75(81)71-93-97(87,88)94-73-76(95-79(84)67-64-61-58-55-50-21-18-15-12-9-6-3)72-90-78(83)66-63-60-57-54-52-49-47-44-42-29-27-25-23-20-17-14-11-8-5-2/h15-20,24-27,30-31,33-34,42,44,74-76,80-81H,4-14,21-23,28-29,32,35-41,43,45-73H2,1-3H3,(H,85,86)(H,87,88)/b18-15-,19-16-,20-17-,26-24-,27-25-,31-30-,34-33-,44-42-. The predicted octanol–water partition coefficient (Wildman–Crippen LogP) is 22.2. The van der Waals surface area contributed by atoms with Crippen LogP contribution in [0.3, 0.4) is 0 Å². The van der Waals surface area contributed by atoms with E-state index in [-0.39, 0.29) is 19.3 Å². The maximum atomic E-state index is 12.9. The number of unbranched alkanes of at least 4 members (excludes halogenated alkanes) is 34. The monoisotopic (exact) mass is 1410 g/mol. The molecule has 0 amide bonds. The van der Waals surface area contributed by atoms with Gasteiger partial charge in [-0.25, -0.2) is 9.13 Å². The molecule has 0 aliphatic heterocycles. The molecule has 0 saturated heterocycles. The summed E-state index contributed by atoms with van der Waals surface area (Å²) in [6.07, 6.45) is 81.9. The van der Waals surface area contributed by atoms with Crippen LogP contribution < -0.4 is 0 Å². The third-order valence-corrected chi connectivity index (χ3v) is 18.2. The maximum Gasteiger partial charge on any atom is 0.472 e. The molecule has 16 nitrogen and oxygen atoms in total. The molecule has 0 aromatic carbocycles. The highest BCUT2D eigenvalue weighted by molar-refractivity contribution is 7.47. The van der Waals surface area contributed by atoms with E-state index < -0.39 is 91.5 Å². The van der Waals surface area contributed by atoms with E-state index in [2.05, 4.69) is 118 Å². The summed E-state index contributed by atoms with van der Waals surface area (Å²) in [7, 11) is -9.78. The van der Waals surface area contributed by atoms with Crippen molar-refractivity contribution in [3.05, 3.63) is 97.2 Å². The Labute approximate surface area is 590 Å². The van der Waals surface area contributed by atoms with Crippen molar-refractivity contribution in [2.75, 3.05) is 39.6 Å². The predicted molar refractivity (Wildman–Crippen MR) is 399 cm³/mol. The summed E-state index contributed by atoms with van der Waals surface area (Å²) in [4.78, 5) is 58.4. The van der Waals surface area contributed by atoms with Crippen LogP contribution in [-0.2, 0) is 55.8 Å². The van der Waals surface area contributed by atoms with Crippen LogP contribution in [0.25, 0.3) is 0 Å². The second-order valence-electron chi connectivity index (χ2n) is 25.8. The lowest BCUT2D eigenvalue weighted by atomic mass is 10.0. The van der Waals surface area contributed by atoms with Crippen molar-refractivity contribution in [3.8, 4) is 0 Å². The summed E-state index contributed by atoms with van der Waals surface area (Å²) >= 11 is 0. The molecule has 18 heteroatoms. The van der Waals surface area contributed by atoms with E-state index >= 15 is 0 Å². The molecule has 4 N–H and O–H groups in total. The van der Waals surface area contributed by atoms with Gasteiger partial charge in [-0.15, -0.1) is 0 Å².